The van der Waals surface area contributed by atoms with E-state index in [0.29, 0.717) is 10.8 Å². The van der Waals surface area contributed by atoms with E-state index in [9.17, 15) is 0 Å². The van der Waals surface area contributed by atoms with E-state index in [1.54, 1.807) is 5.57 Å². The summed E-state index contributed by atoms with van der Waals surface area (Å²) in [5.41, 5.74) is 4.47. The highest BCUT2D eigenvalue weighted by Gasteiger charge is 2.56. The Balaban J connectivity index is 1.70. The van der Waals surface area contributed by atoms with Crippen molar-refractivity contribution in [3.05, 3.63) is 23.8 Å². The van der Waals surface area contributed by atoms with Crippen molar-refractivity contribution >= 4 is 0 Å². The topological polar surface area (TPSA) is 0 Å². The molecule has 4 aliphatic rings. The predicted octanol–water partition coefficient (Wildman–Crippen LogP) is 5.90. The molecular weight excluding hydrogens is 240 g/mol. The van der Waals surface area contributed by atoms with Gasteiger partial charge in [0.1, 0.15) is 0 Å². The third-order valence-electron chi connectivity index (χ3n) is 7.98. The molecule has 0 aliphatic heterocycles. The van der Waals surface area contributed by atoms with Gasteiger partial charge in [-0.2, -0.15) is 0 Å². The average Bonchev–Trinajstić information content (AvgIpc) is 2.74. The summed E-state index contributed by atoms with van der Waals surface area (Å²) >= 11 is 0. The molecule has 0 saturated heterocycles. The zero-order chi connectivity index (χ0) is 14.0. The molecular formula is C20H30. The highest BCUT2D eigenvalue weighted by Crippen LogP contribution is 2.66. The van der Waals surface area contributed by atoms with E-state index in [2.05, 4.69) is 26.5 Å². The molecule has 0 aromatic carbocycles. The van der Waals surface area contributed by atoms with Crippen LogP contribution in [0.1, 0.15) is 71.6 Å². The Labute approximate surface area is 124 Å². The van der Waals surface area contributed by atoms with Crippen LogP contribution in [0.15, 0.2) is 23.8 Å². The summed E-state index contributed by atoms with van der Waals surface area (Å²) in [4.78, 5) is 0. The number of hydrogen-bond acceptors (Lipinski definition) is 0. The van der Waals surface area contributed by atoms with Crippen molar-refractivity contribution < 1.29 is 0 Å². The fraction of sp³-hybridized carbons (Fsp3) is 0.800. The fourth-order valence-electron chi connectivity index (χ4n) is 6.66. The standard InChI is InChI=1S/C20H30/c1-14-7-10-17-16-9-8-15-6-4-5-12-20(15,3)18(16)11-13-19(14,17)2/h6,16-18H,1,4-5,7-13H2,2-3H3/t16?,17?,18?,19-,20?/m1/s1. The summed E-state index contributed by atoms with van der Waals surface area (Å²) < 4.78 is 0. The van der Waals surface area contributed by atoms with Crippen LogP contribution >= 0.6 is 0 Å². The molecule has 4 rings (SSSR count). The van der Waals surface area contributed by atoms with Gasteiger partial charge in [0, 0.05) is 0 Å². The van der Waals surface area contributed by atoms with Crippen LogP contribution < -0.4 is 0 Å². The number of allylic oxidation sites excluding steroid dienone is 3. The molecule has 4 aliphatic carbocycles. The number of fused-ring (bicyclic) bond motifs is 5. The van der Waals surface area contributed by atoms with E-state index in [4.69, 9.17) is 0 Å². The van der Waals surface area contributed by atoms with Crippen LogP contribution in [0.25, 0.3) is 0 Å². The van der Waals surface area contributed by atoms with Crippen LogP contribution in [0.3, 0.4) is 0 Å². The molecule has 0 aromatic heterocycles. The van der Waals surface area contributed by atoms with E-state index in [0.717, 1.165) is 17.8 Å². The largest absolute Gasteiger partial charge is 0.0993 e. The zero-order valence-corrected chi connectivity index (χ0v) is 13.4. The molecule has 0 heterocycles. The first kappa shape index (κ1) is 13.2. The minimum atomic E-state index is 0.493. The van der Waals surface area contributed by atoms with Gasteiger partial charge in [0.05, 0.1) is 0 Å². The fourth-order valence-corrected chi connectivity index (χ4v) is 6.66. The Morgan fingerprint density at radius 2 is 1.80 bits per heavy atom. The van der Waals surface area contributed by atoms with E-state index >= 15 is 0 Å². The summed E-state index contributed by atoms with van der Waals surface area (Å²) in [5.74, 6) is 2.93. The van der Waals surface area contributed by atoms with Crippen molar-refractivity contribution in [2.45, 2.75) is 71.6 Å². The van der Waals surface area contributed by atoms with Gasteiger partial charge in [0.25, 0.3) is 0 Å². The average molecular weight is 270 g/mol. The maximum Gasteiger partial charge on any atom is -0.00853 e. The van der Waals surface area contributed by atoms with Gasteiger partial charge in [-0.05, 0) is 86.4 Å². The molecule has 20 heavy (non-hydrogen) atoms. The third-order valence-corrected chi connectivity index (χ3v) is 7.98. The van der Waals surface area contributed by atoms with Crippen molar-refractivity contribution in [3.8, 4) is 0 Å². The van der Waals surface area contributed by atoms with Crippen LogP contribution in [0.2, 0.25) is 0 Å². The Morgan fingerprint density at radius 3 is 2.65 bits per heavy atom. The van der Waals surface area contributed by atoms with Gasteiger partial charge in [-0.1, -0.05) is 37.6 Å². The SMILES string of the molecule is C=C1CCC2C3CCC4=CCCCC4(C)C3CC[C@]12C. The van der Waals surface area contributed by atoms with Crippen LogP contribution in [-0.4, -0.2) is 0 Å². The molecule has 4 unspecified atom stereocenters. The van der Waals surface area contributed by atoms with Gasteiger partial charge in [0.15, 0.2) is 0 Å². The van der Waals surface area contributed by atoms with Crippen molar-refractivity contribution in [1.82, 2.24) is 0 Å². The summed E-state index contributed by atoms with van der Waals surface area (Å²) in [6.45, 7) is 9.59. The number of hydrogen-bond donors (Lipinski definition) is 0. The maximum absolute atomic E-state index is 4.44. The molecule has 0 heteroatoms. The Bertz CT molecular complexity index is 470. The highest BCUT2D eigenvalue weighted by atomic mass is 14.6. The van der Waals surface area contributed by atoms with Gasteiger partial charge >= 0.3 is 0 Å². The third kappa shape index (κ3) is 1.54. The number of rotatable bonds is 0. The molecule has 110 valence electrons. The first-order valence-electron chi connectivity index (χ1n) is 8.93. The van der Waals surface area contributed by atoms with E-state index in [1.807, 2.05) is 5.57 Å². The first-order chi connectivity index (χ1) is 9.56. The summed E-state index contributed by atoms with van der Waals surface area (Å²) in [6, 6.07) is 0. The van der Waals surface area contributed by atoms with Gasteiger partial charge in [-0.25, -0.2) is 0 Å². The summed E-state index contributed by atoms with van der Waals surface area (Å²) in [5, 5.41) is 0. The first-order valence-corrected chi connectivity index (χ1v) is 8.93. The Kier molecular flexibility index (Phi) is 2.79. The summed E-state index contributed by atoms with van der Waals surface area (Å²) in [6.07, 6.45) is 15.3. The Morgan fingerprint density at radius 1 is 1.00 bits per heavy atom. The molecule has 5 atom stereocenters. The van der Waals surface area contributed by atoms with Crippen molar-refractivity contribution in [1.29, 1.82) is 0 Å². The van der Waals surface area contributed by atoms with Crippen molar-refractivity contribution in [3.63, 3.8) is 0 Å². The highest BCUT2D eigenvalue weighted by molar-refractivity contribution is 5.27. The van der Waals surface area contributed by atoms with Gasteiger partial charge < -0.3 is 0 Å². The van der Waals surface area contributed by atoms with Gasteiger partial charge in [0.2, 0.25) is 0 Å². The quantitative estimate of drug-likeness (QED) is 0.481. The molecule has 0 radical (unpaired) electrons. The second-order valence-electron chi connectivity index (χ2n) is 8.55. The van der Waals surface area contributed by atoms with E-state index < -0.39 is 0 Å². The molecule has 3 saturated carbocycles. The molecule has 0 N–H and O–H groups in total. The molecule has 3 fully saturated rings. The Hall–Kier alpha value is -0.520. The lowest BCUT2D eigenvalue weighted by molar-refractivity contribution is -0.0253. The van der Waals surface area contributed by atoms with Gasteiger partial charge in [-0.3, -0.25) is 0 Å². The predicted molar refractivity (Wildman–Crippen MR) is 85.5 cm³/mol. The van der Waals surface area contributed by atoms with E-state index in [-0.39, 0.29) is 0 Å². The molecule has 0 nitrogen and oxygen atoms in total. The zero-order valence-electron chi connectivity index (χ0n) is 13.4. The minimum absolute atomic E-state index is 0.493. The van der Waals surface area contributed by atoms with Crippen molar-refractivity contribution in [2.75, 3.05) is 0 Å². The molecule has 0 aromatic rings. The second-order valence-corrected chi connectivity index (χ2v) is 8.55. The molecule has 0 bridgehead atoms. The van der Waals surface area contributed by atoms with Crippen LogP contribution in [0.4, 0.5) is 0 Å². The monoisotopic (exact) mass is 270 g/mol. The second kappa shape index (κ2) is 4.24. The lowest BCUT2D eigenvalue weighted by atomic mass is 9.47. The van der Waals surface area contributed by atoms with Crippen molar-refractivity contribution in [2.24, 2.45) is 28.6 Å². The van der Waals surface area contributed by atoms with Crippen LogP contribution in [0.5, 0.6) is 0 Å². The lowest BCUT2D eigenvalue weighted by Crippen LogP contribution is -2.49. The van der Waals surface area contributed by atoms with E-state index in [1.165, 1.54) is 57.8 Å². The summed E-state index contributed by atoms with van der Waals surface area (Å²) in [7, 11) is 0. The van der Waals surface area contributed by atoms with Gasteiger partial charge in [-0.15, -0.1) is 0 Å². The van der Waals surface area contributed by atoms with Crippen LogP contribution in [0, 0.1) is 28.6 Å². The normalized spacial score (nSPS) is 51.0. The molecule has 0 amide bonds. The van der Waals surface area contributed by atoms with Crippen LogP contribution in [-0.2, 0) is 0 Å². The smallest absolute Gasteiger partial charge is 0.00853 e. The molecule has 0 spiro atoms. The lowest BCUT2D eigenvalue weighted by Gasteiger charge is -2.57. The minimum Gasteiger partial charge on any atom is -0.0993 e. The maximum atomic E-state index is 4.44.